The van der Waals surface area contributed by atoms with E-state index in [4.69, 9.17) is 24.2 Å². The van der Waals surface area contributed by atoms with Crippen molar-refractivity contribution in [3.05, 3.63) is 113 Å². The molecule has 22 heteroatoms. The van der Waals surface area contributed by atoms with Crippen molar-refractivity contribution in [1.82, 2.24) is 60.5 Å². The summed E-state index contributed by atoms with van der Waals surface area (Å²) in [4.78, 5) is 42.5. The van der Waals surface area contributed by atoms with Crippen LogP contribution in [0.5, 0.6) is 11.8 Å². The number of hydrogen-bond acceptors (Lipinski definition) is 15. The van der Waals surface area contributed by atoms with Crippen LogP contribution in [0.3, 0.4) is 0 Å². The number of methoxy groups -OCH3 is 1. The molecule has 82 heavy (non-hydrogen) atoms. The van der Waals surface area contributed by atoms with Crippen molar-refractivity contribution in [3.63, 3.8) is 0 Å². The van der Waals surface area contributed by atoms with Crippen molar-refractivity contribution in [2.75, 3.05) is 44.9 Å². The van der Waals surface area contributed by atoms with E-state index in [-0.39, 0.29) is 73.9 Å². The maximum atomic E-state index is 16.1. The van der Waals surface area contributed by atoms with Crippen molar-refractivity contribution >= 4 is 39.4 Å². The lowest BCUT2D eigenvalue weighted by Crippen LogP contribution is -2.50. The molecule has 3 saturated heterocycles. The number of carbonyl (C=O) groups is 2. The van der Waals surface area contributed by atoms with Crippen LogP contribution in [0.1, 0.15) is 93.6 Å². The first-order chi connectivity index (χ1) is 39.7. The van der Waals surface area contributed by atoms with Crippen LogP contribution in [-0.4, -0.2) is 142 Å². The number of H-pyrrole nitrogens is 1. The number of halogens is 2. The van der Waals surface area contributed by atoms with Gasteiger partial charge in [0.2, 0.25) is 11.8 Å². The standard InChI is InChI=1S/C60H67F2N13O7/c1-7-74-47(18-19-65-74)38-16-14-37(15-17-38)46(28-76)66-58(78)48-21-41(77)26-73(48)59(79)55(31(2)3)75-27-45(69-71-75)36-10-8-34(9-11-36)30-81-56-50(49-33(5)51(61)52(62)53-44(49)24-64-70-53)42(35-12-13-35)22-43-54(56)67-60(82-29-32(4)80-6)68-57(43)72-25-39-20-40(72)23-63-39/h8-11,14-19,22,24,27,31-32,35,39-41,46,48,55,63,76-77H,7,12-13,20-21,23,25-26,28-30H2,1-6H3,(H,64,70)(H,66,78)/t32-,39-,40-,41+,46-,48-,55-/m0/s1. The third-order valence-electron chi connectivity index (χ3n) is 16.7. The lowest BCUT2D eigenvalue weighted by Gasteiger charge is -2.30. The monoisotopic (exact) mass is 1120 g/mol. The van der Waals surface area contributed by atoms with E-state index in [2.05, 4.69) is 47.2 Å². The Balaban J connectivity index is 0.825. The number of hydrogen-bond donors (Lipinski definition) is 5. The summed E-state index contributed by atoms with van der Waals surface area (Å²) in [5.41, 5.74) is 7.06. The quantitative estimate of drug-likeness (QED) is 0.0503. The van der Waals surface area contributed by atoms with Gasteiger partial charge < -0.3 is 44.9 Å². The van der Waals surface area contributed by atoms with E-state index >= 15 is 8.78 Å². The molecule has 2 amide bonds. The summed E-state index contributed by atoms with van der Waals surface area (Å²) >= 11 is 0. The first kappa shape index (κ1) is 54.7. The van der Waals surface area contributed by atoms with Gasteiger partial charge in [0, 0.05) is 85.5 Å². The molecule has 1 saturated carbocycles. The number of nitrogens with zero attached hydrogens (tertiary/aromatic N) is 10. The maximum Gasteiger partial charge on any atom is 0.319 e. The number of anilines is 1. The van der Waals surface area contributed by atoms with E-state index in [9.17, 15) is 19.8 Å². The van der Waals surface area contributed by atoms with Crippen molar-refractivity contribution < 1.29 is 42.8 Å². The summed E-state index contributed by atoms with van der Waals surface area (Å²) in [6.07, 6.45) is 6.55. The number of β-amino-alcohol motifs (C(OH)–C–C–N with tert-alkyl or cyclic N) is 1. The lowest BCUT2D eigenvalue weighted by molar-refractivity contribution is -0.142. The number of nitrogens with one attached hydrogen (secondary N) is 3. The van der Waals surface area contributed by atoms with Gasteiger partial charge in [0.15, 0.2) is 17.4 Å². The van der Waals surface area contributed by atoms with Crippen molar-refractivity contribution in [3.8, 4) is 45.4 Å². The third kappa shape index (κ3) is 10.2. The Labute approximate surface area is 472 Å². The minimum atomic E-state index is -1.01. The molecule has 3 aliphatic heterocycles. The van der Waals surface area contributed by atoms with Gasteiger partial charge in [0.25, 0.3) is 0 Å². The van der Waals surface area contributed by atoms with Gasteiger partial charge in [0.1, 0.15) is 47.8 Å². The molecular weight excluding hydrogens is 1050 g/mol. The first-order valence-corrected chi connectivity index (χ1v) is 28.2. The fourth-order valence-corrected chi connectivity index (χ4v) is 12.1. The van der Waals surface area contributed by atoms with Crippen LogP contribution in [-0.2, 0) is 27.5 Å². The lowest BCUT2D eigenvalue weighted by atomic mass is 9.88. The highest BCUT2D eigenvalue weighted by molar-refractivity contribution is 6.06. The normalized spacial score (nSPS) is 19.9. The second-order valence-corrected chi connectivity index (χ2v) is 22.5. The number of ether oxygens (including phenoxy) is 3. The molecule has 2 bridgehead atoms. The molecule has 20 nitrogen and oxygen atoms in total. The van der Waals surface area contributed by atoms with E-state index in [1.54, 1.807) is 26.4 Å². The van der Waals surface area contributed by atoms with E-state index in [1.165, 1.54) is 15.8 Å². The van der Waals surface area contributed by atoms with Crippen LogP contribution in [0.4, 0.5) is 14.6 Å². The van der Waals surface area contributed by atoms with Gasteiger partial charge in [-0.05, 0) is 91.8 Å². The van der Waals surface area contributed by atoms with Gasteiger partial charge in [-0.25, -0.2) is 13.5 Å². The van der Waals surface area contributed by atoms with Gasteiger partial charge in [-0.2, -0.15) is 20.2 Å². The van der Waals surface area contributed by atoms with Gasteiger partial charge in [-0.3, -0.25) is 19.4 Å². The molecule has 428 valence electrons. The number of piperazine rings is 1. The molecule has 4 aromatic carbocycles. The summed E-state index contributed by atoms with van der Waals surface area (Å²) < 4.78 is 54.0. The Morgan fingerprint density at radius 2 is 1.72 bits per heavy atom. The number of aromatic nitrogens is 9. The van der Waals surface area contributed by atoms with Crippen LogP contribution >= 0.6 is 0 Å². The number of aryl methyl sites for hydroxylation is 1. The number of likely N-dealkylation sites (tertiary alicyclic amines) is 1. The summed E-state index contributed by atoms with van der Waals surface area (Å²) in [5, 5.41) is 49.2. The second kappa shape index (κ2) is 22.4. The van der Waals surface area contributed by atoms with Crippen LogP contribution in [0.15, 0.2) is 79.3 Å². The van der Waals surface area contributed by atoms with Crippen LogP contribution in [0.2, 0.25) is 0 Å². The summed E-state index contributed by atoms with van der Waals surface area (Å²) in [5.74, 6) is -1.97. The highest BCUT2D eigenvalue weighted by atomic mass is 19.2. The minimum Gasteiger partial charge on any atom is -0.486 e. The van der Waals surface area contributed by atoms with Crippen LogP contribution < -0.4 is 25.0 Å². The molecule has 8 aromatic rings. The van der Waals surface area contributed by atoms with Crippen LogP contribution in [0.25, 0.3) is 55.4 Å². The van der Waals surface area contributed by atoms with E-state index in [0.29, 0.717) is 57.2 Å². The van der Waals surface area contributed by atoms with Gasteiger partial charge in [-0.15, -0.1) is 5.10 Å². The predicted octanol–water partition coefficient (Wildman–Crippen LogP) is 7.33. The molecule has 0 unspecified atom stereocenters. The zero-order valence-corrected chi connectivity index (χ0v) is 46.6. The van der Waals surface area contributed by atoms with Crippen molar-refractivity contribution in [2.24, 2.45) is 5.92 Å². The van der Waals surface area contributed by atoms with E-state index in [1.807, 2.05) is 87.0 Å². The first-order valence-electron chi connectivity index (χ1n) is 28.2. The van der Waals surface area contributed by atoms with Gasteiger partial charge in [-0.1, -0.05) is 67.6 Å². The zero-order valence-electron chi connectivity index (χ0n) is 46.6. The smallest absolute Gasteiger partial charge is 0.319 e. The zero-order chi connectivity index (χ0) is 57.1. The number of benzene rings is 4. The summed E-state index contributed by atoms with van der Waals surface area (Å²) in [6, 6.07) is 17.2. The Morgan fingerprint density at radius 3 is 2.41 bits per heavy atom. The fraction of sp³-hybridized carbons (Fsp3) is 0.433. The average molecular weight is 1120 g/mol. The average Bonchev–Trinajstić information content (AvgIpc) is 3.70. The molecule has 5 N–H and O–H groups in total. The molecule has 4 fully saturated rings. The van der Waals surface area contributed by atoms with Crippen LogP contribution in [0, 0.1) is 24.5 Å². The second-order valence-electron chi connectivity index (χ2n) is 22.5. The Bertz CT molecular complexity index is 3680. The predicted molar refractivity (Wildman–Crippen MR) is 302 cm³/mol. The third-order valence-corrected chi connectivity index (χ3v) is 16.7. The number of amides is 2. The van der Waals surface area contributed by atoms with Crippen molar-refractivity contribution in [1.29, 1.82) is 0 Å². The minimum absolute atomic E-state index is 0.0249. The number of aliphatic hydroxyl groups excluding tert-OH is 2. The SMILES string of the molecule is CCn1nccc1-c1ccc([C@H](CO)NC(=O)[C@@H]2C[C@@H](O)CN2C(=O)[C@H](C(C)C)n2cc(-c3ccc(COc4c(-c5c(C)c(F)c(F)c6[nH]ncc56)c(C5CC5)cc5c(N6C[C@@H]7C[C@H]6CN7)nc(OC[C@H](C)OC)nc45)cc3)nn2)cc1. The summed E-state index contributed by atoms with van der Waals surface area (Å²) in [6.45, 7) is 11.3. The van der Waals surface area contributed by atoms with E-state index in [0.717, 1.165) is 65.9 Å². The molecule has 12 rings (SSSR count). The van der Waals surface area contributed by atoms with Crippen molar-refractivity contribution in [2.45, 2.75) is 122 Å². The largest absolute Gasteiger partial charge is 0.486 e. The number of carbonyl (C=O) groups excluding carboxylic acids is 2. The Kier molecular flexibility index (Phi) is 15.0. The Hall–Kier alpha value is -7.92. The highest BCUT2D eigenvalue weighted by Crippen LogP contribution is 2.54. The number of fused-ring (bicyclic) bond motifs is 4. The fourth-order valence-electron chi connectivity index (χ4n) is 12.1. The maximum absolute atomic E-state index is 16.1. The molecule has 7 heterocycles. The topological polar surface area (TPSA) is 236 Å². The highest BCUT2D eigenvalue weighted by Gasteiger charge is 2.44. The molecule has 7 atom stereocenters. The molecule has 0 radical (unpaired) electrons. The molecular formula is C60H67F2N13O7. The van der Waals surface area contributed by atoms with Gasteiger partial charge >= 0.3 is 6.01 Å². The van der Waals surface area contributed by atoms with Gasteiger partial charge in [0.05, 0.1) is 42.9 Å². The summed E-state index contributed by atoms with van der Waals surface area (Å²) in [7, 11) is 1.61. The molecule has 1 aliphatic carbocycles. The Morgan fingerprint density at radius 1 is 0.939 bits per heavy atom. The number of aromatic amines is 1. The molecule has 4 aromatic heterocycles. The number of aliphatic hydroxyl groups is 2. The molecule has 0 spiro atoms. The molecule has 4 aliphatic rings. The number of rotatable bonds is 20. The van der Waals surface area contributed by atoms with E-state index < -0.39 is 47.7 Å².